The second-order valence-electron chi connectivity index (χ2n) is 7.71. The average molecular weight is 378 g/mol. The zero-order valence-corrected chi connectivity index (χ0v) is 17.0. The summed E-state index contributed by atoms with van der Waals surface area (Å²) in [5.74, 6) is 1.12. The number of imidazole rings is 1. The molecule has 7 heteroatoms. The third-order valence-corrected chi connectivity index (χ3v) is 5.68. The molecule has 0 aromatic carbocycles. The molecule has 2 saturated heterocycles. The Kier molecular flexibility index (Phi) is 7.52. The maximum Gasteiger partial charge on any atom is 0.409 e. The molecule has 0 aliphatic carbocycles. The number of hydrogen-bond donors (Lipinski definition) is 1. The van der Waals surface area contributed by atoms with E-state index >= 15 is 0 Å². The summed E-state index contributed by atoms with van der Waals surface area (Å²) in [7, 11) is 0. The van der Waals surface area contributed by atoms with Crippen molar-refractivity contribution in [3.8, 4) is 0 Å². The van der Waals surface area contributed by atoms with Crippen LogP contribution in [0.4, 0.5) is 4.79 Å². The minimum atomic E-state index is -0.166. The molecule has 0 radical (unpaired) electrons. The van der Waals surface area contributed by atoms with Gasteiger partial charge in [-0.1, -0.05) is 13.3 Å². The first-order chi connectivity index (χ1) is 13.2. The molecule has 0 saturated carbocycles. The molecule has 0 spiro atoms. The number of aromatic nitrogens is 2. The summed E-state index contributed by atoms with van der Waals surface area (Å²) >= 11 is 0. The minimum Gasteiger partial charge on any atom is -0.450 e. The molecule has 2 aliphatic heterocycles. The summed E-state index contributed by atoms with van der Waals surface area (Å²) in [6, 6.07) is 0.588. The largest absolute Gasteiger partial charge is 0.450 e. The lowest BCUT2D eigenvalue weighted by atomic mass is 10.0. The molecular weight excluding hydrogens is 342 g/mol. The highest BCUT2D eigenvalue weighted by molar-refractivity contribution is 5.67. The van der Waals surface area contributed by atoms with E-state index in [0.717, 1.165) is 58.1 Å². The van der Waals surface area contributed by atoms with Gasteiger partial charge in [0.15, 0.2) is 0 Å². The number of carbonyl (C=O) groups is 1. The van der Waals surface area contributed by atoms with Crippen molar-refractivity contribution in [3.05, 3.63) is 17.7 Å². The Balaban J connectivity index is 1.45. The number of rotatable bonds is 7. The fourth-order valence-electron chi connectivity index (χ4n) is 4.16. The van der Waals surface area contributed by atoms with Crippen LogP contribution in [0.1, 0.15) is 51.0 Å². The number of ether oxygens (including phenoxy) is 1. The van der Waals surface area contributed by atoms with Crippen LogP contribution in [0.5, 0.6) is 0 Å². The maximum atomic E-state index is 11.9. The number of nitrogens with one attached hydrogen (secondary N) is 1. The van der Waals surface area contributed by atoms with E-state index in [1.54, 1.807) is 0 Å². The summed E-state index contributed by atoms with van der Waals surface area (Å²) in [6.45, 7) is 11.2. The molecule has 152 valence electrons. The van der Waals surface area contributed by atoms with Crippen LogP contribution < -0.4 is 0 Å². The van der Waals surface area contributed by atoms with E-state index in [1.807, 2.05) is 18.0 Å². The first-order valence-corrected chi connectivity index (χ1v) is 10.6. The second-order valence-corrected chi connectivity index (χ2v) is 7.71. The van der Waals surface area contributed by atoms with Gasteiger partial charge in [0.05, 0.1) is 6.61 Å². The van der Waals surface area contributed by atoms with E-state index in [9.17, 15) is 4.79 Å². The molecule has 0 unspecified atom stereocenters. The van der Waals surface area contributed by atoms with Gasteiger partial charge in [-0.2, -0.15) is 0 Å². The van der Waals surface area contributed by atoms with Crippen LogP contribution in [0.15, 0.2) is 6.20 Å². The van der Waals surface area contributed by atoms with Crippen molar-refractivity contribution in [1.82, 2.24) is 24.7 Å². The van der Waals surface area contributed by atoms with Crippen LogP contribution in [0.3, 0.4) is 0 Å². The van der Waals surface area contributed by atoms with E-state index in [2.05, 4.69) is 26.7 Å². The van der Waals surface area contributed by atoms with Gasteiger partial charge in [-0.3, -0.25) is 9.80 Å². The Labute approximate surface area is 163 Å². The molecule has 0 bridgehead atoms. The number of aromatic amines is 1. The molecule has 1 aromatic rings. The molecule has 3 heterocycles. The Morgan fingerprint density at radius 2 is 2.07 bits per heavy atom. The number of likely N-dealkylation sites (tertiary alicyclic amines) is 1. The quantitative estimate of drug-likeness (QED) is 0.791. The lowest BCUT2D eigenvalue weighted by Crippen LogP contribution is -2.55. The van der Waals surface area contributed by atoms with Crippen LogP contribution >= 0.6 is 0 Å². The number of piperidine rings is 1. The highest BCUT2D eigenvalue weighted by Gasteiger charge is 2.29. The van der Waals surface area contributed by atoms with Gasteiger partial charge < -0.3 is 14.6 Å². The monoisotopic (exact) mass is 377 g/mol. The van der Waals surface area contributed by atoms with Gasteiger partial charge in [-0.15, -0.1) is 0 Å². The van der Waals surface area contributed by atoms with Gasteiger partial charge in [-0.05, 0) is 32.7 Å². The summed E-state index contributed by atoms with van der Waals surface area (Å²) in [4.78, 5) is 26.8. The van der Waals surface area contributed by atoms with E-state index in [4.69, 9.17) is 4.74 Å². The maximum absolute atomic E-state index is 11.9. The van der Waals surface area contributed by atoms with E-state index in [0.29, 0.717) is 12.6 Å². The number of hydrogen-bond acceptors (Lipinski definition) is 5. The van der Waals surface area contributed by atoms with E-state index < -0.39 is 0 Å². The topological polar surface area (TPSA) is 64.7 Å². The number of piperazine rings is 1. The van der Waals surface area contributed by atoms with Crippen molar-refractivity contribution in [2.75, 3.05) is 45.9 Å². The van der Waals surface area contributed by atoms with E-state index in [-0.39, 0.29) is 6.09 Å². The molecule has 2 fully saturated rings. The third kappa shape index (κ3) is 5.69. The number of H-pyrrole nitrogens is 1. The number of unbranched alkanes of at least 4 members (excludes halogenated alkanes) is 1. The van der Waals surface area contributed by atoms with Crippen molar-refractivity contribution < 1.29 is 9.53 Å². The smallest absolute Gasteiger partial charge is 0.409 e. The summed E-state index contributed by atoms with van der Waals surface area (Å²) < 4.78 is 5.12. The lowest BCUT2D eigenvalue weighted by Gasteiger charge is -2.43. The van der Waals surface area contributed by atoms with Crippen molar-refractivity contribution in [3.63, 3.8) is 0 Å². The van der Waals surface area contributed by atoms with Crippen LogP contribution in [-0.2, 0) is 17.7 Å². The van der Waals surface area contributed by atoms with Crippen LogP contribution in [0.2, 0.25) is 0 Å². The second kappa shape index (κ2) is 10.1. The van der Waals surface area contributed by atoms with E-state index in [1.165, 1.54) is 31.4 Å². The number of amides is 1. The van der Waals surface area contributed by atoms with Crippen LogP contribution in [0.25, 0.3) is 0 Å². The predicted octanol–water partition coefficient (Wildman–Crippen LogP) is 2.49. The first kappa shape index (κ1) is 20.1. The first-order valence-electron chi connectivity index (χ1n) is 10.6. The standard InChI is InChI=1S/C20H35N5O2/c1-3-5-8-19-21-14-17(22-19)15-23-9-6-7-18(16-23)24-10-12-25(13-11-24)20(26)27-4-2/h14,18H,3-13,15-16H2,1-2H3,(H,21,22)/t18-/m0/s1. The number of nitrogens with zero attached hydrogens (tertiary/aromatic N) is 4. The highest BCUT2D eigenvalue weighted by Crippen LogP contribution is 2.19. The third-order valence-electron chi connectivity index (χ3n) is 5.68. The molecule has 1 N–H and O–H groups in total. The zero-order chi connectivity index (χ0) is 19.1. The molecule has 1 atom stereocenters. The predicted molar refractivity (Wildman–Crippen MR) is 106 cm³/mol. The number of aryl methyl sites for hydroxylation is 1. The van der Waals surface area contributed by atoms with Gasteiger partial charge in [0, 0.05) is 63.6 Å². The Hall–Kier alpha value is -1.60. The van der Waals surface area contributed by atoms with Gasteiger partial charge in [-0.25, -0.2) is 9.78 Å². The molecule has 2 aliphatic rings. The Morgan fingerprint density at radius 3 is 2.81 bits per heavy atom. The van der Waals surface area contributed by atoms with Gasteiger partial charge >= 0.3 is 6.09 Å². The molecule has 27 heavy (non-hydrogen) atoms. The fraction of sp³-hybridized carbons (Fsp3) is 0.800. The van der Waals surface area contributed by atoms with Crippen molar-refractivity contribution >= 4 is 6.09 Å². The lowest BCUT2D eigenvalue weighted by molar-refractivity contribution is 0.0410. The van der Waals surface area contributed by atoms with Crippen molar-refractivity contribution in [1.29, 1.82) is 0 Å². The summed E-state index contributed by atoms with van der Waals surface area (Å²) in [5, 5.41) is 0. The van der Waals surface area contributed by atoms with Crippen LogP contribution in [-0.4, -0.2) is 82.7 Å². The summed E-state index contributed by atoms with van der Waals surface area (Å²) in [6.07, 6.45) is 7.76. The number of carbonyl (C=O) groups excluding carboxylic acids is 1. The molecular formula is C20H35N5O2. The van der Waals surface area contributed by atoms with Crippen LogP contribution in [0, 0.1) is 0 Å². The normalized spacial score (nSPS) is 22.1. The molecule has 7 nitrogen and oxygen atoms in total. The minimum absolute atomic E-state index is 0.166. The molecule has 3 rings (SSSR count). The molecule has 1 amide bonds. The summed E-state index contributed by atoms with van der Waals surface area (Å²) in [5.41, 5.74) is 1.23. The zero-order valence-electron chi connectivity index (χ0n) is 17.0. The highest BCUT2D eigenvalue weighted by atomic mass is 16.6. The molecule has 1 aromatic heterocycles. The van der Waals surface area contributed by atoms with Crippen molar-refractivity contribution in [2.24, 2.45) is 0 Å². The average Bonchev–Trinajstić information content (AvgIpc) is 3.14. The Morgan fingerprint density at radius 1 is 1.26 bits per heavy atom. The van der Waals surface area contributed by atoms with Crippen molar-refractivity contribution in [2.45, 2.75) is 58.5 Å². The van der Waals surface area contributed by atoms with Gasteiger partial charge in [0.1, 0.15) is 5.82 Å². The fourth-order valence-corrected chi connectivity index (χ4v) is 4.16. The SMILES string of the molecule is CCCCc1ncc(CN2CCC[C@H](N3CCN(C(=O)OCC)CC3)C2)[nH]1. The van der Waals surface area contributed by atoms with Gasteiger partial charge in [0.25, 0.3) is 0 Å². The van der Waals surface area contributed by atoms with Gasteiger partial charge in [0.2, 0.25) is 0 Å². The Bertz CT molecular complexity index is 583.